The van der Waals surface area contributed by atoms with Crippen molar-refractivity contribution in [2.24, 2.45) is 0 Å². The Hall–Kier alpha value is -3.64. The molecule has 1 aromatic heterocycles. The number of benzene rings is 3. The third kappa shape index (κ3) is 5.50. The summed E-state index contributed by atoms with van der Waals surface area (Å²) in [6.07, 6.45) is 6.77. The molecule has 0 saturated heterocycles. The van der Waals surface area contributed by atoms with Crippen molar-refractivity contribution in [3.05, 3.63) is 118 Å². The van der Waals surface area contributed by atoms with Gasteiger partial charge < -0.3 is 5.32 Å². The molecular formula is C34H35N3O2S. The van der Waals surface area contributed by atoms with Crippen LogP contribution in [0.5, 0.6) is 0 Å². The lowest BCUT2D eigenvalue weighted by Crippen LogP contribution is -2.40. The zero-order valence-corrected chi connectivity index (χ0v) is 23.6. The molecule has 0 bridgehead atoms. The normalized spacial score (nSPS) is 15.0. The second kappa shape index (κ2) is 11.8. The number of hydrogen-bond donors (Lipinski definition) is 1. The van der Waals surface area contributed by atoms with Crippen molar-refractivity contribution in [1.29, 1.82) is 0 Å². The minimum absolute atomic E-state index is 0.0461. The number of nitrogens with one attached hydrogen (secondary N) is 1. The third-order valence-corrected chi connectivity index (χ3v) is 9.38. The zero-order valence-electron chi connectivity index (χ0n) is 22.8. The molecule has 1 amide bonds. The molecule has 2 aliphatic carbocycles. The highest BCUT2D eigenvalue weighted by molar-refractivity contribution is 7.99. The highest BCUT2D eigenvalue weighted by Gasteiger charge is 2.44. The number of carbonyl (C=O) groups excluding carboxylic acids is 1. The van der Waals surface area contributed by atoms with Gasteiger partial charge in [-0.05, 0) is 48.8 Å². The second-order valence-corrected chi connectivity index (χ2v) is 11.9. The van der Waals surface area contributed by atoms with Crippen molar-refractivity contribution in [2.45, 2.75) is 62.1 Å². The highest BCUT2D eigenvalue weighted by Crippen LogP contribution is 2.49. The first-order chi connectivity index (χ1) is 19.6. The minimum Gasteiger partial charge on any atom is -0.355 e. The zero-order chi connectivity index (χ0) is 27.4. The SMILES string of the molecule is O=C(CSc1nc2c(c(=O)n1CCc1ccccc1)C1(CCCC1)Cc1ccccc1-2)NCCc1ccccc1. The number of aryl methyl sites for hydroxylation is 1. The molecule has 1 spiro atoms. The lowest BCUT2D eigenvalue weighted by atomic mass is 9.68. The van der Waals surface area contributed by atoms with Crippen LogP contribution in [0.1, 0.15) is 47.9 Å². The predicted octanol–water partition coefficient (Wildman–Crippen LogP) is 5.97. The van der Waals surface area contributed by atoms with Gasteiger partial charge in [0.05, 0.1) is 17.0 Å². The Morgan fingerprint density at radius 1 is 0.875 bits per heavy atom. The van der Waals surface area contributed by atoms with E-state index in [2.05, 4.69) is 47.8 Å². The minimum atomic E-state index is -0.139. The van der Waals surface area contributed by atoms with Crippen LogP contribution < -0.4 is 10.9 Å². The van der Waals surface area contributed by atoms with Crippen LogP contribution in [0, 0.1) is 0 Å². The van der Waals surface area contributed by atoms with E-state index in [1.165, 1.54) is 28.5 Å². The molecule has 1 fully saturated rings. The number of aromatic nitrogens is 2. The predicted molar refractivity (Wildman–Crippen MR) is 162 cm³/mol. The van der Waals surface area contributed by atoms with Gasteiger partial charge in [0.1, 0.15) is 0 Å². The average molecular weight is 550 g/mol. The van der Waals surface area contributed by atoms with E-state index in [4.69, 9.17) is 4.98 Å². The Bertz CT molecular complexity index is 1540. The van der Waals surface area contributed by atoms with Gasteiger partial charge in [-0.15, -0.1) is 0 Å². The summed E-state index contributed by atoms with van der Waals surface area (Å²) < 4.78 is 1.85. The quantitative estimate of drug-likeness (QED) is 0.206. The average Bonchev–Trinajstić information content (AvgIpc) is 3.45. The molecule has 1 N–H and O–H groups in total. The second-order valence-electron chi connectivity index (χ2n) is 11.0. The number of amides is 1. The van der Waals surface area contributed by atoms with Crippen molar-refractivity contribution in [3.8, 4) is 11.3 Å². The maximum atomic E-state index is 14.4. The maximum Gasteiger partial charge on any atom is 0.258 e. The molecule has 2 aliphatic rings. The van der Waals surface area contributed by atoms with Crippen molar-refractivity contribution in [3.63, 3.8) is 0 Å². The lowest BCUT2D eigenvalue weighted by Gasteiger charge is -2.36. The molecule has 4 aromatic rings. The van der Waals surface area contributed by atoms with Crippen molar-refractivity contribution in [2.75, 3.05) is 12.3 Å². The fourth-order valence-electron chi connectivity index (χ4n) is 6.41. The van der Waals surface area contributed by atoms with Gasteiger partial charge in [-0.25, -0.2) is 4.98 Å². The molecule has 3 aromatic carbocycles. The van der Waals surface area contributed by atoms with Gasteiger partial charge >= 0.3 is 0 Å². The monoisotopic (exact) mass is 549 g/mol. The van der Waals surface area contributed by atoms with E-state index in [-0.39, 0.29) is 22.6 Å². The van der Waals surface area contributed by atoms with Crippen LogP contribution in [0.15, 0.2) is 94.9 Å². The van der Waals surface area contributed by atoms with Crippen LogP contribution in [-0.2, 0) is 36.0 Å². The molecule has 0 radical (unpaired) electrons. The molecule has 0 unspecified atom stereocenters. The molecule has 40 heavy (non-hydrogen) atoms. The van der Waals surface area contributed by atoms with E-state index < -0.39 is 0 Å². The Morgan fingerprint density at radius 3 is 2.25 bits per heavy atom. The summed E-state index contributed by atoms with van der Waals surface area (Å²) in [5, 5.41) is 3.66. The summed E-state index contributed by atoms with van der Waals surface area (Å²) in [6.45, 7) is 1.12. The van der Waals surface area contributed by atoms with Crippen LogP contribution in [0.4, 0.5) is 0 Å². The topological polar surface area (TPSA) is 64.0 Å². The highest BCUT2D eigenvalue weighted by atomic mass is 32.2. The van der Waals surface area contributed by atoms with Crippen LogP contribution in [0.25, 0.3) is 11.3 Å². The van der Waals surface area contributed by atoms with Crippen molar-refractivity contribution in [1.82, 2.24) is 14.9 Å². The first kappa shape index (κ1) is 26.6. The fraction of sp³-hybridized carbons (Fsp3) is 0.324. The molecule has 5 nitrogen and oxygen atoms in total. The Morgan fingerprint density at radius 2 is 1.52 bits per heavy atom. The lowest BCUT2D eigenvalue weighted by molar-refractivity contribution is -0.118. The molecular weight excluding hydrogens is 514 g/mol. The third-order valence-electron chi connectivity index (χ3n) is 8.40. The molecule has 6 rings (SSSR count). The summed E-state index contributed by atoms with van der Waals surface area (Å²) in [7, 11) is 0. The fourth-order valence-corrected chi connectivity index (χ4v) is 7.26. The van der Waals surface area contributed by atoms with Crippen LogP contribution in [0.3, 0.4) is 0 Å². The van der Waals surface area contributed by atoms with Gasteiger partial charge in [-0.2, -0.15) is 0 Å². The number of nitrogens with zero attached hydrogens (tertiary/aromatic N) is 2. The molecule has 204 valence electrons. The standard InChI is InChI=1S/C34H35N3O2S/c38-29(35-21-17-25-11-3-1-4-12-25)24-40-33-36-31-28-16-8-7-15-27(28)23-34(19-9-10-20-34)30(31)32(39)37(33)22-18-26-13-5-2-6-14-26/h1-8,11-16H,9-10,17-24H2,(H,35,38). The maximum absolute atomic E-state index is 14.4. The van der Waals surface area contributed by atoms with Gasteiger partial charge in [-0.1, -0.05) is 110 Å². The molecule has 0 atom stereocenters. The Kier molecular flexibility index (Phi) is 7.87. The first-order valence-electron chi connectivity index (χ1n) is 14.3. The van der Waals surface area contributed by atoms with Crippen LogP contribution in [0.2, 0.25) is 0 Å². The Labute approximate surface area is 240 Å². The van der Waals surface area contributed by atoms with Gasteiger partial charge in [0.25, 0.3) is 5.56 Å². The van der Waals surface area contributed by atoms with Gasteiger partial charge in [0, 0.05) is 24.1 Å². The smallest absolute Gasteiger partial charge is 0.258 e. The number of thioether (sulfide) groups is 1. The number of hydrogen-bond acceptors (Lipinski definition) is 4. The Balaban J connectivity index is 1.31. The molecule has 1 heterocycles. The summed E-state index contributed by atoms with van der Waals surface area (Å²) >= 11 is 1.37. The van der Waals surface area contributed by atoms with Crippen LogP contribution >= 0.6 is 11.8 Å². The van der Waals surface area contributed by atoms with E-state index in [9.17, 15) is 9.59 Å². The van der Waals surface area contributed by atoms with E-state index >= 15 is 0 Å². The summed E-state index contributed by atoms with van der Waals surface area (Å²) in [4.78, 5) is 32.4. The summed E-state index contributed by atoms with van der Waals surface area (Å²) in [5.74, 6) is 0.174. The number of carbonyl (C=O) groups is 1. The number of fused-ring (bicyclic) bond motifs is 4. The van der Waals surface area contributed by atoms with E-state index in [1.807, 2.05) is 47.0 Å². The molecule has 0 aliphatic heterocycles. The molecule has 1 saturated carbocycles. The molecule has 6 heteroatoms. The van der Waals surface area contributed by atoms with Crippen molar-refractivity contribution < 1.29 is 4.79 Å². The van der Waals surface area contributed by atoms with Crippen LogP contribution in [-0.4, -0.2) is 27.8 Å². The van der Waals surface area contributed by atoms with Gasteiger partial charge in [0.15, 0.2) is 5.16 Å². The van der Waals surface area contributed by atoms with Gasteiger partial charge in [-0.3, -0.25) is 14.2 Å². The van der Waals surface area contributed by atoms with E-state index in [0.29, 0.717) is 18.2 Å². The number of rotatable bonds is 9. The summed E-state index contributed by atoms with van der Waals surface area (Å²) in [6, 6.07) is 28.8. The first-order valence-corrected chi connectivity index (χ1v) is 15.3. The van der Waals surface area contributed by atoms with E-state index in [0.717, 1.165) is 61.8 Å². The van der Waals surface area contributed by atoms with E-state index in [1.54, 1.807) is 0 Å². The van der Waals surface area contributed by atoms with Crippen molar-refractivity contribution >= 4 is 17.7 Å². The largest absolute Gasteiger partial charge is 0.355 e. The summed E-state index contributed by atoms with van der Waals surface area (Å²) in [5.41, 5.74) is 6.38. The van der Waals surface area contributed by atoms with Gasteiger partial charge in [0.2, 0.25) is 5.91 Å².